The third-order valence-corrected chi connectivity index (χ3v) is 1.56. The van der Waals surface area contributed by atoms with Gasteiger partial charge in [0.1, 0.15) is 7.05 Å². The summed E-state index contributed by atoms with van der Waals surface area (Å²) in [5.74, 6) is -0.399. The summed E-state index contributed by atoms with van der Waals surface area (Å²) in [6, 6.07) is 8.66. The Hall–Kier alpha value is -1.95. The molecule has 0 saturated carbocycles. The molecule has 0 N–H and O–H groups in total. The maximum Gasteiger partial charge on any atom is 0.312 e. The Kier molecular flexibility index (Phi) is 2.93. The van der Waals surface area contributed by atoms with Gasteiger partial charge in [-0.2, -0.15) is 4.99 Å². The molecule has 0 bridgehead atoms. The molecule has 0 unspecified atom stereocenters. The van der Waals surface area contributed by atoms with Crippen LogP contribution in [0, 0.1) is 6.57 Å². The second-order valence-electron chi connectivity index (χ2n) is 2.35. The van der Waals surface area contributed by atoms with Crippen molar-refractivity contribution in [2.45, 2.75) is 0 Å². The second kappa shape index (κ2) is 4.17. The molecule has 0 heterocycles. The van der Waals surface area contributed by atoms with Crippen LogP contribution in [0.15, 0.2) is 35.3 Å². The Morgan fingerprint density at radius 3 is 2.46 bits per heavy atom. The number of aliphatic imine (C=N–C) groups is 1. The Morgan fingerprint density at radius 1 is 1.38 bits per heavy atom. The van der Waals surface area contributed by atoms with E-state index in [4.69, 9.17) is 6.57 Å². The fourth-order valence-electron chi connectivity index (χ4n) is 0.921. The van der Waals surface area contributed by atoms with Gasteiger partial charge in [0.05, 0.1) is 0 Å². The van der Waals surface area contributed by atoms with Crippen LogP contribution in [0.2, 0.25) is 0 Å². The van der Waals surface area contributed by atoms with Crippen molar-refractivity contribution < 1.29 is 4.79 Å². The molecule has 0 aliphatic heterocycles. The van der Waals surface area contributed by atoms with Crippen LogP contribution < -0.4 is 0 Å². The topological polar surface area (TPSA) is 33.8 Å². The number of hydrogen-bond donors (Lipinski definition) is 0. The van der Waals surface area contributed by atoms with Gasteiger partial charge >= 0.3 is 5.84 Å². The summed E-state index contributed by atoms with van der Waals surface area (Å²) in [6.45, 7) is 6.71. The first kappa shape index (κ1) is 9.14. The first-order chi connectivity index (χ1) is 6.29. The molecule has 0 radical (unpaired) electrons. The van der Waals surface area contributed by atoms with Crippen LogP contribution in [0.4, 0.5) is 0 Å². The van der Waals surface area contributed by atoms with Crippen LogP contribution in [0.1, 0.15) is 10.4 Å². The van der Waals surface area contributed by atoms with Crippen LogP contribution in [-0.4, -0.2) is 18.7 Å². The van der Waals surface area contributed by atoms with Gasteiger partial charge in [-0.3, -0.25) is 0 Å². The zero-order chi connectivity index (χ0) is 9.68. The molecule has 0 aromatic heterocycles. The van der Waals surface area contributed by atoms with Crippen molar-refractivity contribution in [3.05, 3.63) is 47.3 Å². The van der Waals surface area contributed by atoms with Gasteiger partial charge in [-0.15, -0.1) is 0 Å². The van der Waals surface area contributed by atoms with E-state index in [1.165, 1.54) is 7.05 Å². The number of ketones is 1. The second-order valence-corrected chi connectivity index (χ2v) is 2.35. The van der Waals surface area contributed by atoms with Gasteiger partial charge in [0.2, 0.25) is 5.78 Å². The monoisotopic (exact) mass is 172 g/mol. The van der Waals surface area contributed by atoms with Gasteiger partial charge in [-0.1, -0.05) is 36.9 Å². The first-order valence-corrected chi connectivity index (χ1v) is 3.73. The molecule has 3 heteroatoms. The third kappa shape index (κ3) is 2.00. The highest BCUT2D eigenvalue weighted by Crippen LogP contribution is 2.01. The van der Waals surface area contributed by atoms with E-state index < -0.39 is 0 Å². The van der Waals surface area contributed by atoms with Gasteiger partial charge < -0.3 is 9.64 Å². The molecule has 0 spiro atoms. The summed E-state index contributed by atoms with van der Waals surface area (Å²) in [4.78, 5) is 18.1. The SMILES string of the molecule is [C-]#[N+]C(=NC)C(=O)c1ccccc1. The Labute approximate surface area is 76.6 Å². The molecule has 13 heavy (non-hydrogen) atoms. The predicted molar refractivity (Wildman–Crippen MR) is 50.7 cm³/mol. The van der Waals surface area contributed by atoms with Crippen molar-refractivity contribution in [2.24, 2.45) is 4.99 Å². The lowest BCUT2D eigenvalue weighted by atomic mass is 10.1. The van der Waals surface area contributed by atoms with E-state index in [0.717, 1.165) is 0 Å². The van der Waals surface area contributed by atoms with Crippen molar-refractivity contribution in [1.82, 2.24) is 0 Å². The number of carbonyl (C=O) groups is 1. The Bertz CT molecular complexity index is 374. The minimum Gasteiger partial charge on any atom is -0.358 e. The lowest BCUT2D eigenvalue weighted by Crippen LogP contribution is -2.09. The van der Waals surface area contributed by atoms with Crippen LogP contribution in [0.25, 0.3) is 4.85 Å². The number of amidine groups is 1. The number of Topliss-reactive ketones (excluding diaryl/α,β-unsaturated/α-hetero) is 1. The van der Waals surface area contributed by atoms with Gasteiger partial charge in [0, 0.05) is 5.56 Å². The standard InChI is InChI=1S/C10H8N2O/c1-11-10(12-2)9(13)8-6-4-3-5-7-8/h3-7H,1H3. The number of rotatable bonds is 2. The summed E-state index contributed by atoms with van der Waals surface area (Å²) in [6.07, 6.45) is 0. The van der Waals surface area contributed by atoms with Gasteiger partial charge in [-0.25, -0.2) is 0 Å². The molecular weight excluding hydrogens is 164 g/mol. The van der Waals surface area contributed by atoms with Gasteiger partial charge in [0.25, 0.3) is 0 Å². The van der Waals surface area contributed by atoms with Gasteiger partial charge in [0.15, 0.2) is 0 Å². The number of carbonyl (C=O) groups excluding carboxylic acids is 1. The number of benzene rings is 1. The molecule has 1 aromatic rings. The summed E-state index contributed by atoms with van der Waals surface area (Å²) < 4.78 is 0. The van der Waals surface area contributed by atoms with Crippen molar-refractivity contribution in [3.63, 3.8) is 0 Å². The van der Waals surface area contributed by atoms with E-state index in [-0.39, 0.29) is 11.6 Å². The quantitative estimate of drug-likeness (QED) is 0.290. The molecule has 0 aliphatic rings. The van der Waals surface area contributed by atoms with Gasteiger partial charge in [-0.05, 0) is 0 Å². The van der Waals surface area contributed by atoms with E-state index in [1.54, 1.807) is 24.3 Å². The smallest absolute Gasteiger partial charge is 0.312 e. The predicted octanol–water partition coefficient (Wildman–Crippen LogP) is 1.82. The largest absolute Gasteiger partial charge is 0.358 e. The van der Waals surface area contributed by atoms with E-state index >= 15 is 0 Å². The van der Waals surface area contributed by atoms with E-state index in [9.17, 15) is 4.79 Å². The minimum absolute atomic E-state index is 0.0776. The van der Waals surface area contributed by atoms with Crippen molar-refractivity contribution >= 4 is 11.6 Å². The van der Waals surface area contributed by atoms with Crippen molar-refractivity contribution in [2.75, 3.05) is 7.05 Å². The zero-order valence-corrected chi connectivity index (χ0v) is 7.19. The van der Waals surface area contributed by atoms with Crippen LogP contribution in [-0.2, 0) is 0 Å². The molecule has 0 aliphatic carbocycles. The maximum absolute atomic E-state index is 11.5. The first-order valence-electron chi connectivity index (χ1n) is 3.73. The molecule has 64 valence electrons. The van der Waals surface area contributed by atoms with E-state index in [1.807, 2.05) is 6.07 Å². The third-order valence-electron chi connectivity index (χ3n) is 1.56. The zero-order valence-electron chi connectivity index (χ0n) is 7.19. The normalized spacial score (nSPS) is 10.6. The fourth-order valence-corrected chi connectivity index (χ4v) is 0.921. The highest BCUT2D eigenvalue weighted by atomic mass is 16.1. The average molecular weight is 172 g/mol. The summed E-state index contributed by atoms with van der Waals surface area (Å²) in [5.41, 5.74) is 0.499. The average Bonchev–Trinajstić information content (AvgIpc) is 2.21. The van der Waals surface area contributed by atoms with Crippen molar-refractivity contribution in [3.8, 4) is 0 Å². The molecule has 0 fully saturated rings. The Morgan fingerprint density at radius 2 is 2.00 bits per heavy atom. The van der Waals surface area contributed by atoms with E-state index in [0.29, 0.717) is 5.56 Å². The highest BCUT2D eigenvalue weighted by Gasteiger charge is 2.11. The summed E-state index contributed by atoms with van der Waals surface area (Å²) in [7, 11) is 1.44. The lowest BCUT2D eigenvalue weighted by Gasteiger charge is -1.96. The molecule has 1 aromatic carbocycles. The molecule has 0 amide bonds. The van der Waals surface area contributed by atoms with Crippen LogP contribution >= 0.6 is 0 Å². The van der Waals surface area contributed by atoms with E-state index in [2.05, 4.69) is 9.84 Å². The lowest BCUT2D eigenvalue weighted by molar-refractivity contribution is 0.106. The number of hydrogen-bond acceptors (Lipinski definition) is 2. The fraction of sp³-hybridized carbons (Fsp3) is 0.100. The van der Waals surface area contributed by atoms with Crippen LogP contribution in [0.3, 0.4) is 0 Å². The molecule has 0 saturated heterocycles. The minimum atomic E-state index is -0.321. The number of nitrogens with zero attached hydrogens (tertiary/aromatic N) is 2. The molecule has 3 nitrogen and oxygen atoms in total. The molecule has 1 rings (SSSR count). The van der Waals surface area contributed by atoms with Crippen LogP contribution in [0.5, 0.6) is 0 Å². The van der Waals surface area contributed by atoms with Crippen molar-refractivity contribution in [1.29, 1.82) is 0 Å². The Balaban J connectivity index is 3.01. The molecule has 0 atom stereocenters. The highest BCUT2D eigenvalue weighted by molar-refractivity contribution is 6.48. The molecular formula is C10H8N2O. The maximum atomic E-state index is 11.5. The summed E-state index contributed by atoms with van der Waals surface area (Å²) >= 11 is 0. The summed E-state index contributed by atoms with van der Waals surface area (Å²) in [5, 5.41) is 0.